The summed E-state index contributed by atoms with van der Waals surface area (Å²) in [4.78, 5) is 37.7. The fraction of sp³-hybridized carbons (Fsp3) is 0.863. The fourth-order valence-corrected chi connectivity index (χ4v) is 7.13. The molecule has 1 atom stereocenters. The summed E-state index contributed by atoms with van der Waals surface area (Å²) < 4.78 is 16.7. The third-order valence-corrected chi connectivity index (χ3v) is 10.9. The number of allylic oxidation sites excluding steroid dienone is 4. The highest BCUT2D eigenvalue weighted by Gasteiger charge is 2.19. The number of hydrogen-bond acceptors (Lipinski definition) is 6. The standard InChI is InChI=1S/C51H94O6/c1-4-7-10-13-16-19-21-22-23-24-25-26-27-28-30-32-35-38-41-44-50(53)56-47-48(46-55-49(52)43-40-37-34-31-18-15-12-9-6-3)57-51(54)45-42-39-36-33-29-20-17-14-11-8-5-2/h14,17,31,34,48H,4-13,15-16,18-30,32-33,35-47H2,1-3H3/b17-14-,34-31-. The molecule has 0 heterocycles. The zero-order valence-corrected chi connectivity index (χ0v) is 38.1. The Balaban J connectivity index is 4.24. The molecule has 0 saturated carbocycles. The molecular weight excluding hydrogens is 709 g/mol. The molecule has 6 nitrogen and oxygen atoms in total. The predicted molar refractivity (Wildman–Crippen MR) is 243 cm³/mol. The van der Waals surface area contributed by atoms with Crippen molar-refractivity contribution in [1.29, 1.82) is 0 Å². The molecule has 0 saturated heterocycles. The van der Waals surface area contributed by atoms with Gasteiger partial charge < -0.3 is 14.2 Å². The van der Waals surface area contributed by atoms with Crippen LogP contribution in [0.15, 0.2) is 24.3 Å². The van der Waals surface area contributed by atoms with Gasteiger partial charge in [-0.1, -0.05) is 212 Å². The van der Waals surface area contributed by atoms with Gasteiger partial charge in [-0.3, -0.25) is 14.4 Å². The summed E-state index contributed by atoms with van der Waals surface area (Å²) in [5.74, 6) is -0.919. The van der Waals surface area contributed by atoms with Crippen LogP contribution in [0.4, 0.5) is 0 Å². The molecule has 0 aromatic carbocycles. The summed E-state index contributed by atoms with van der Waals surface area (Å²) in [6.07, 6.45) is 51.8. The van der Waals surface area contributed by atoms with Crippen LogP contribution >= 0.6 is 0 Å². The van der Waals surface area contributed by atoms with E-state index >= 15 is 0 Å². The quantitative estimate of drug-likeness (QED) is 0.0264. The van der Waals surface area contributed by atoms with Crippen LogP contribution in [-0.4, -0.2) is 37.2 Å². The molecule has 0 aliphatic heterocycles. The van der Waals surface area contributed by atoms with Crippen LogP contribution in [0, 0.1) is 0 Å². The van der Waals surface area contributed by atoms with E-state index in [0.717, 1.165) is 70.6 Å². The Morgan fingerprint density at radius 2 is 0.614 bits per heavy atom. The maximum absolute atomic E-state index is 12.7. The molecule has 6 heteroatoms. The predicted octanol–water partition coefficient (Wildman–Crippen LogP) is 16.0. The van der Waals surface area contributed by atoms with Crippen LogP contribution in [0.2, 0.25) is 0 Å². The van der Waals surface area contributed by atoms with Gasteiger partial charge in [-0.15, -0.1) is 0 Å². The van der Waals surface area contributed by atoms with Gasteiger partial charge in [-0.25, -0.2) is 0 Å². The Morgan fingerprint density at radius 3 is 1.02 bits per heavy atom. The number of rotatable bonds is 45. The van der Waals surface area contributed by atoms with Gasteiger partial charge in [0, 0.05) is 19.3 Å². The first-order chi connectivity index (χ1) is 28.0. The van der Waals surface area contributed by atoms with Crippen molar-refractivity contribution < 1.29 is 28.6 Å². The summed E-state index contributed by atoms with van der Waals surface area (Å²) >= 11 is 0. The molecule has 1 unspecified atom stereocenters. The molecule has 0 aliphatic rings. The van der Waals surface area contributed by atoms with Gasteiger partial charge >= 0.3 is 17.9 Å². The highest BCUT2D eigenvalue weighted by Crippen LogP contribution is 2.16. The van der Waals surface area contributed by atoms with Crippen LogP contribution in [-0.2, 0) is 28.6 Å². The Morgan fingerprint density at radius 1 is 0.333 bits per heavy atom. The molecule has 57 heavy (non-hydrogen) atoms. The van der Waals surface area contributed by atoms with Gasteiger partial charge in [0.2, 0.25) is 0 Å². The molecule has 0 aromatic rings. The van der Waals surface area contributed by atoms with E-state index in [2.05, 4.69) is 45.1 Å². The molecule has 0 fully saturated rings. The summed E-state index contributed by atoms with van der Waals surface area (Å²) in [6, 6.07) is 0. The van der Waals surface area contributed by atoms with E-state index in [-0.39, 0.29) is 31.1 Å². The van der Waals surface area contributed by atoms with E-state index in [4.69, 9.17) is 14.2 Å². The number of unbranched alkanes of at least 4 members (excludes halogenated alkanes) is 30. The molecule has 0 rings (SSSR count). The second kappa shape index (κ2) is 46.6. The minimum absolute atomic E-state index is 0.0798. The Bertz CT molecular complexity index is 927. The van der Waals surface area contributed by atoms with Crippen molar-refractivity contribution in [3.8, 4) is 0 Å². The first-order valence-electron chi connectivity index (χ1n) is 24.8. The van der Waals surface area contributed by atoms with Crippen molar-refractivity contribution >= 4 is 17.9 Å². The lowest BCUT2D eigenvalue weighted by atomic mass is 10.0. The van der Waals surface area contributed by atoms with Crippen LogP contribution in [0.5, 0.6) is 0 Å². The topological polar surface area (TPSA) is 78.9 Å². The van der Waals surface area contributed by atoms with Gasteiger partial charge in [-0.2, -0.15) is 0 Å². The molecule has 0 amide bonds. The molecule has 0 spiro atoms. The third kappa shape index (κ3) is 44.8. The monoisotopic (exact) mass is 803 g/mol. The van der Waals surface area contributed by atoms with Crippen molar-refractivity contribution in [2.75, 3.05) is 13.2 Å². The van der Waals surface area contributed by atoms with Gasteiger partial charge in [0.25, 0.3) is 0 Å². The van der Waals surface area contributed by atoms with Crippen molar-refractivity contribution in [3.63, 3.8) is 0 Å². The lowest BCUT2D eigenvalue weighted by molar-refractivity contribution is -0.167. The molecular formula is C51H94O6. The Hall–Kier alpha value is -2.11. The number of carbonyl (C=O) groups excluding carboxylic acids is 3. The molecule has 334 valence electrons. The second-order valence-electron chi connectivity index (χ2n) is 16.7. The van der Waals surface area contributed by atoms with Gasteiger partial charge in [0.15, 0.2) is 6.10 Å². The van der Waals surface area contributed by atoms with E-state index < -0.39 is 6.10 Å². The van der Waals surface area contributed by atoms with Crippen LogP contribution in [0.3, 0.4) is 0 Å². The lowest BCUT2D eigenvalue weighted by Crippen LogP contribution is -2.30. The zero-order chi connectivity index (χ0) is 41.5. The van der Waals surface area contributed by atoms with Gasteiger partial charge in [-0.05, 0) is 57.8 Å². The normalized spacial score (nSPS) is 12.1. The van der Waals surface area contributed by atoms with E-state index in [9.17, 15) is 14.4 Å². The molecule has 0 radical (unpaired) electrons. The average Bonchev–Trinajstić information content (AvgIpc) is 3.21. The third-order valence-electron chi connectivity index (χ3n) is 10.9. The highest BCUT2D eigenvalue weighted by atomic mass is 16.6. The maximum Gasteiger partial charge on any atom is 0.306 e. The highest BCUT2D eigenvalue weighted by molar-refractivity contribution is 5.71. The van der Waals surface area contributed by atoms with Crippen molar-refractivity contribution in [1.82, 2.24) is 0 Å². The van der Waals surface area contributed by atoms with E-state index in [0.29, 0.717) is 19.3 Å². The molecule has 0 N–H and O–H groups in total. The Labute approximate surface area is 353 Å². The molecule has 0 aromatic heterocycles. The zero-order valence-electron chi connectivity index (χ0n) is 38.1. The summed E-state index contributed by atoms with van der Waals surface area (Å²) in [6.45, 7) is 6.55. The minimum atomic E-state index is -0.780. The average molecular weight is 803 g/mol. The Kier molecular flexibility index (Phi) is 44.9. The largest absolute Gasteiger partial charge is 0.462 e. The van der Waals surface area contributed by atoms with Crippen LogP contribution < -0.4 is 0 Å². The number of ether oxygens (including phenoxy) is 3. The van der Waals surface area contributed by atoms with Crippen LogP contribution in [0.1, 0.15) is 265 Å². The summed E-state index contributed by atoms with van der Waals surface area (Å²) in [5, 5.41) is 0. The fourth-order valence-electron chi connectivity index (χ4n) is 7.13. The van der Waals surface area contributed by atoms with Crippen molar-refractivity contribution in [2.45, 2.75) is 271 Å². The van der Waals surface area contributed by atoms with Gasteiger partial charge in [0.1, 0.15) is 13.2 Å². The van der Waals surface area contributed by atoms with Gasteiger partial charge in [0.05, 0.1) is 0 Å². The van der Waals surface area contributed by atoms with Crippen molar-refractivity contribution in [2.24, 2.45) is 0 Å². The first kappa shape index (κ1) is 54.9. The minimum Gasteiger partial charge on any atom is -0.462 e. The van der Waals surface area contributed by atoms with E-state index in [1.807, 2.05) is 0 Å². The van der Waals surface area contributed by atoms with E-state index in [1.54, 1.807) is 0 Å². The van der Waals surface area contributed by atoms with Crippen molar-refractivity contribution in [3.05, 3.63) is 24.3 Å². The smallest absolute Gasteiger partial charge is 0.306 e. The lowest BCUT2D eigenvalue weighted by Gasteiger charge is -2.18. The number of carbonyl (C=O) groups is 3. The number of esters is 3. The van der Waals surface area contributed by atoms with Crippen LogP contribution in [0.25, 0.3) is 0 Å². The molecule has 0 aliphatic carbocycles. The van der Waals surface area contributed by atoms with E-state index in [1.165, 1.54) is 154 Å². The number of hydrogen-bond donors (Lipinski definition) is 0. The second-order valence-corrected chi connectivity index (χ2v) is 16.7. The first-order valence-corrected chi connectivity index (χ1v) is 24.8. The SMILES string of the molecule is CCCC/C=C\CCCCCCCC(=O)OC(COC(=O)CCC/C=C\CCCCCC)COC(=O)CCCCCCCCCCCCCCCCCCCCC. The maximum atomic E-state index is 12.7. The molecule has 0 bridgehead atoms. The summed E-state index contributed by atoms with van der Waals surface area (Å²) in [7, 11) is 0. The summed E-state index contributed by atoms with van der Waals surface area (Å²) in [5.41, 5.74) is 0.